The fourth-order valence-electron chi connectivity index (χ4n) is 2.71. The van der Waals surface area contributed by atoms with Gasteiger partial charge in [0.15, 0.2) is 0 Å². The Morgan fingerprint density at radius 3 is 2.78 bits per heavy atom. The van der Waals surface area contributed by atoms with Gasteiger partial charge in [-0.05, 0) is 51.9 Å². The van der Waals surface area contributed by atoms with Crippen LogP contribution in [0.5, 0.6) is 0 Å². The fraction of sp³-hybridized carbons (Fsp3) is 0.600. The van der Waals surface area contributed by atoms with Crippen LogP contribution < -0.4 is 5.32 Å². The first-order valence-corrected chi connectivity index (χ1v) is 7.58. The van der Waals surface area contributed by atoms with Gasteiger partial charge in [-0.3, -0.25) is 0 Å². The predicted octanol–water partition coefficient (Wildman–Crippen LogP) is 3.58. The summed E-state index contributed by atoms with van der Waals surface area (Å²) in [7, 11) is 2.22. The van der Waals surface area contributed by atoms with Gasteiger partial charge in [-0.1, -0.05) is 34.1 Å². The minimum Gasteiger partial charge on any atom is -0.307 e. The van der Waals surface area contributed by atoms with Crippen molar-refractivity contribution in [3.05, 3.63) is 34.3 Å². The Morgan fingerprint density at radius 1 is 1.39 bits per heavy atom. The number of hydrogen-bond donors (Lipinski definition) is 1. The highest BCUT2D eigenvalue weighted by Gasteiger charge is 2.24. The molecule has 3 heteroatoms. The van der Waals surface area contributed by atoms with Gasteiger partial charge >= 0.3 is 0 Å². The van der Waals surface area contributed by atoms with Gasteiger partial charge < -0.3 is 10.2 Å². The molecule has 1 aliphatic rings. The van der Waals surface area contributed by atoms with Crippen molar-refractivity contribution in [2.24, 2.45) is 0 Å². The Kier molecular flexibility index (Phi) is 4.82. The van der Waals surface area contributed by atoms with Crippen molar-refractivity contribution < 1.29 is 0 Å². The average Bonchev–Trinajstić information content (AvgIpc) is 2.34. The summed E-state index contributed by atoms with van der Waals surface area (Å²) in [6.07, 6.45) is 2.49. The minimum absolute atomic E-state index is 0.404. The lowest BCUT2D eigenvalue weighted by molar-refractivity contribution is 0.163. The van der Waals surface area contributed by atoms with Crippen molar-refractivity contribution >= 4 is 15.9 Å². The molecule has 1 fully saturated rings. The zero-order chi connectivity index (χ0) is 13.1. The number of rotatable bonds is 3. The van der Waals surface area contributed by atoms with Crippen LogP contribution in [-0.4, -0.2) is 30.6 Å². The summed E-state index contributed by atoms with van der Waals surface area (Å²) in [4.78, 5) is 2.45. The molecule has 1 heterocycles. The van der Waals surface area contributed by atoms with Crippen LogP contribution in [0.1, 0.15) is 38.3 Å². The maximum Gasteiger partial charge on any atom is 0.0305 e. The number of likely N-dealkylation sites (tertiary alicyclic amines) is 1. The second-order valence-corrected chi connectivity index (χ2v) is 6.32. The van der Waals surface area contributed by atoms with Gasteiger partial charge in [0.2, 0.25) is 0 Å². The number of hydrogen-bond acceptors (Lipinski definition) is 2. The Hall–Kier alpha value is -0.380. The number of halogens is 1. The Labute approximate surface area is 119 Å². The average molecular weight is 311 g/mol. The van der Waals surface area contributed by atoms with Crippen molar-refractivity contribution in [2.45, 2.75) is 44.8 Å². The van der Waals surface area contributed by atoms with E-state index in [4.69, 9.17) is 0 Å². The largest absolute Gasteiger partial charge is 0.307 e. The summed E-state index contributed by atoms with van der Waals surface area (Å²) in [5.41, 5.74) is 1.35. The number of nitrogens with zero attached hydrogens (tertiary/aromatic N) is 1. The smallest absolute Gasteiger partial charge is 0.0305 e. The van der Waals surface area contributed by atoms with Crippen molar-refractivity contribution in [3.63, 3.8) is 0 Å². The molecule has 0 spiro atoms. The molecule has 1 aromatic rings. The molecule has 0 amide bonds. The van der Waals surface area contributed by atoms with E-state index < -0.39 is 0 Å². The quantitative estimate of drug-likeness (QED) is 0.918. The molecular weight excluding hydrogens is 288 g/mol. The topological polar surface area (TPSA) is 15.3 Å². The normalized spacial score (nSPS) is 27.1. The maximum atomic E-state index is 3.77. The van der Waals surface area contributed by atoms with E-state index in [1.54, 1.807) is 0 Å². The number of piperidine rings is 1. The van der Waals surface area contributed by atoms with Crippen LogP contribution in [-0.2, 0) is 0 Å². The predicted molar refractivity (Wildman–Crippen MR) is 80.8 cm³/mol. The van der Waals surface area contributed by atoms with Gasteiger partial charge in [-0.2, -0.15) is 0 Å². The maximum absolute atomic E-state index is 3.77. The van der Waals surface area contributed by atoms with Crippen LogP contribution in [0.2, 0.25) is 0 Å². The molecule has 100 valence electrons. The zero-order valence-electron chi connectivity index (χ0n) is 11.5. The van der Waals surface area contributed by atoms with E-state index in [1.165, 1.54) is 29.4 Å². The molecule has 3 atom stereocenters. The Bertz CT molecular complexity index is 394. The van der Waals surface area contributed by atoms with Gasteiger partial charge in [0, 0.05) is 22.6 Å². The van der Waals surface area contributed by atoms with E-state index in [-0.39, 0.29) is 0 Å². The van der Waals surface area contributed by atoms with Gasteiger partial charge in [0.1, 0.15) is 0 Å². The lowest BCUT2D eigenvalue weighted by Gasteiger charge is -2.36. The van der Waals surface area contributed by atoms with E-state index in [0.717, 1.165) is 0 Å². The van der Waals surface area contributed by atoms with Crippen LogP contribution in [0.4, 0.5) is 0 Å². The fourth-order valence-corrected chi connectivity index (χ4v) is 3.34. The van der Waals surface area contributed by atoms with Crippen molar-refractivity contribution in [1.82, 2.24) is 10.2 Å². The molecule has 1 aliphatic heterocycles. The molecule has 1 aromatic carbocycles. The first-order chi connectivity index (χ1) is 8.58. The first kappa shape index (κ1) is 14.0. The lowest BCUT2D eigenvalue weighted by Crippen LogP contribution is -2.46. The van der Waals surface area contributed by atoms with Gasteiger partial charge in [-0.25, -0.2) is 0 Å². The second kappa shape index (κ2) is 6.18. The molecule has 2 nitrogen and oxygen atoms in total. The van der Waals surface area contributed by atoms with Crippen LogP contribution >= 0.6 is 15.9 Å². The third kappa shape index (κ3) is 3.34. The third-order valence-electron chi connectivity index (χ3n) is 4.07. The van der Waals surface area contributed by atoms with E-state index >= 15 is 0 Å². The zero-order valence-corrected chi connectivity index (χ0v) is 13.1. The lowest BCUT2D eigenvalue weighted by atomic mass is 9.97. The summed E-state index contributed by atoms with van der Waals surface area (Å²) in [6.45, 7) is 5.77. The molecule has 1 saturated heterocycles. The third-order valence-corrected chi connectivity index (χ3v) is 4.79. The van der Waals surface area contributed by atoms with Crippen LogP contribution in [0, 0.1) is 0 Å². The van der Waals surface area contributed by atoms with E-state index in [1.807, 2.05) is 0 Å². The second-order valence-electron chi connectivity index (χ2n) is 5.46. The molecule has 0 bridgehead atoms. The molecule has 3 unspecified atom stereocenters. The van der Waals surface area contributed by atoms with Crippen LogP contribution in [0.3, 0.4) is 0 Å². The van der Waals surface area contributed by atoms with Crippen molar-refractivity contribution in [1.29, 1.82) is 0 Å². The summed E-state index contributed by atoms with van der Waals surface area (Å²) in [5.74, 6) is 0. The molecule has 0 saturated carbocycles. The number of benzene rings is 1. The monoisotopic (exact) mass is 310 g/mol. The van der Waals surface area contributed by atoms with Gasteiger partial charge in [0.05, 0.1) is 0 Å². The van der Waals surface area contributed by atoms with Crippen molar-refractivity contribution in [2.75, 3.05) is 13.6 Å². The molecule has 0 aliphatic carbocycles. The molecule has 0 radical (unpaired) electrons. The molecule has 0 aromatic heterocycles. The summed E-state index contributed by atoms with van der Waals surface area (Å²) < 4.78 is 1.20. The minimum atomic E-state index is 0.404. The SMILES string of the molecule is CC(NC1CCN(C)C(C)C1)c1ccccc1Br. The first-order valence-electron chi connectivity index (χ1n) is 6.78. The number of nitrogens with one attached hydrogen (secondary N) is 1. The summed E-state index contributed by atoms with van der Waals surface area (Å²) in [5, 5.41) is 3.77. The summed E-state index contributed by atoms with van der Waals surface area (Å²) >= 11 is 3.63. The van der Waals surface area contributed by atoms with Gasteiger partial charge in [0.25, 0.3) is 0 Å². The standard InChI is InChI=1S/C15H23BrN2/c1-11-10-13(8-9-18(11)3)17-12(2)14-6-4-5-7-15(14)16/h4-7,11-13,17H,8-10H2,1-3H3. The van der Waals surface area contributed by atoms with Crippen molar-refractivity contribution in [3.8, 4) is 0 Å². The van der Waals surface area contributed by atoms with Crippen LogP contribution in [0.15, 0.2) is 28.7 Å². The van der Waals surface area contributed by atoms with Crippen LogP contribution in [0.25, 0.3) is 0 Å². The molecule has 1 N–H and O–H groups in total. The highest BCUT2D eigenvalue weighted by molar-refractivity contribution is 9.10. The van der Waals surface area contributed by atoms with Gasteiger partial charge in [-0.15, -0.1) is 0 Å². The molecule has 18 heavy (non-hydrogen) atoms. The van der Waals surface area contributed by atoms with E-state index in [2.05, 4.69) is 71.3 Å². The molecule has 2 rings (SSSR count). The highest BCUT2D eigenvalue weighted by Crippen LogP contribution is 2.25. The summed E-state index contributed by atoms with van der Waals surface area (Å²) in [6, 6.07) is 10.2. The Morgan fingerprint density at radius 2 is 2.11 bits per heavy atom. The van der Waals surface area contributed by atoms with E-state index in [9.17, 15) is 0 Å². The van der Waals surface area contributed by atoms with E-state index in [0.29, 0.717) is 18.1 Å². The molecular formula is C15H23BrN2. The highest BCUT2D eigenvalue weighted by atomic mass is 79.9. The Balaban J connectivity index is 1.96.